The third-order valence-electron chi connectivity index (χ3n) is 4.04. The number of para-hydroxylation sites is 1. The third-order valence-corrected chi connectivity index (χ3v) is 4.04. The number of nitrogens with zero attached hydrogens (tertiary/aromatic N) is 2. The van der Waals surface area contributed by atoms with Crippen molar-refractivity contribution in [3.05, 3.63) is 70.3 Å². The second kappa shape index (κ2) is 8.12. The number of nitrogens with one attached hydrogen (secondary N) is 1. The molecule has 0 saturated carbocycles. The first-order valence-electron chi connectivity index (χ1n) is 8.55. The second-order valence-corrected chi connectivity index (χ2v) is 6.51. The van der Waals surface area contributed by atoms with Crippen LogP contribution in [0.2, 0.25) is 0 Å². The van der Waals surface area contributed by atoms with Crippen LogP contribution in [0.25, 0.3) is 10.9 Å². The molecule has 1 unspecified atom stereocenters. The Balaban J connectivity index is 1.56. The summed E-state index contributed by atoms with van der Waals surface area (Å²) in [6.07, 6.45) is -0.646. The van der Waals surface area contributed by atoms with Gasteiger partial charge in [-0.1, -0.05) is 24.3 Å². The van der Waals surface area contributed by atoms with Crippen molar-refractivity contribution < 1.29 is 9.84 Å². The Bertz CT molecular complexity index is 939. The number of aliphatic hydroxyl groups excluding tert-OH is 1. The molecule has 0 radical (unpaired) electrons. The Labute approximate surface area is 152 Å². The lowest BCUT2D eigenvalue weighted by Crippen LogP contribution is -2.33. The maximum atomic E-state index is 12.1. The highest BCUT2D eigenvalue weighted by atomic mass is 16.5. The number of hydrogen-bond acceptors (Lipinski definition) is 5. The SMILES string of the molecule is Cc1cccc(OCC(O)CN(C)Cc2nc3ccccc3c(=O)[nH]2)c1. The smallest absolute Gasteiger partial charge is 0.258 e. The van der Waals surface area contributed by atoms with E-state index in [9.17, 15) is 9.90 Å². The maximum absolute atomic E-state index is 12.1. The number of aromatic nitrogens is 2. The van der Waals surface area contributed by atoms with Crippen LogP contribution in [0.5, 0.6) is 5.75 Å². The zero-order chi connectivity index (χ0) is 18.5. The van der Waals surface area contributed by atoms with Crippen LogP contribution in [0, 0.1) is 6.92 Å². The minimum absolute atomic E-state index is 0.151. The highest BCUT2D eigenvalue weighted by Crippen LogP contribution is 2.13. The van der Waals surface area contributed by atoms with Crippen molar-refractivity contribution in [3.8, 4) is 5.75 Å². The molecule has 0 spiro atoms. The van der Waals surface area contributed by atoms with Gasteiger partial charge >= 0.3 is 0 Å². The molecule has 0 bridgehead atoms. The van der Waals surface area contributed by atoms with Gasteiger partial charge in [0.25, 0.3) is 5.56 Å². The zero-order valence-electron chi connectivity index (χ0n) is 15.0. The molecule has 26 heavy (non-hydrogen) atoms. The fourth-order valence-corrected chi connectivity index (χ4v) is 2.84. The second-order valence-electron chi connectivity index (χ2n) is 6.51. The van der Waals surface area contributed by atoms with Gasteiger partial charge in [-0.05, 0) is 43.8 Å². The Hall–Kier alpha value is -2.70. The number of ether oxygens (including phenoxy) is 1. The Morgan fingerprint density at radius 1 is 1.23 bits per heavy atom. The molecule has 6 heteroatoms. The van der Waals surface area contributed by atoms with Gasteiger partial charge in [-0.15, -0.1) is 0 Å². The van der Waals surface area contributed by atoms with Crippen molar-refractivity contribution >= 4 is 10.9 Å². The fourth-order valence-electron chi connectivity index (χ4n) is 2.84. The molecule has 1 heterocycles. The molecular weight excluding hydrogens is 330 g/mol. The molecule has 2 N–H and O–H groups in total. The van der Waals surface area contributed by atoms with Gasteiger partial charge < -0.3 is 14.8 Å². The number of hydrogen-bond donors (Lipinski definition) is 2. The highest BCUT2D eigenvalue weighted by molar-refractivity contribution is 5.77. The molecule has 2 aromatic carbocycles. The lowest BCUT2D eigenvalue weighted by Gasteiger charge is -2.20. The average molecular weight is 353 g/mol. The van der Waals surface area contributed by atoms with E-state index < -0.39 is 6.10 Å². The molecule has 6 nitrogen and oxygen atoms in total. The summed E-state index contributed by atoms with van der Waals surface area (Å²) in [7, 11) is 1.87. The van der Waals surface area contributed by atoms with Gasteiger partial charge in [0.2, 0.25) is 0 Å². The summed E-state index contributed by atoms with van der Waals surface area (Å²) in [6, 6.07) is 15.0. The first-order valence-corrected chi connectivity index (χ1v) is 8.55. The van der Waals surface area contributed by atoms with Gasteiger partial charge in [-0.3, -0.25) is 9.69 Å². The lowest BCUT2D eigenvalue weighted by molar-refractivity contribution is 0.0737. The zero-order valence-corrected chi connectivity index (χ0v) is 15.0. The van der Waals surface area contributed by atoms with Gasteiger partial charge in [0.15, 0.2) is 0 Å². The summed E-state index contributed by atoms with van der Waals surface area (Å²) in [5.74, 6) is 1.32. The number of aromatic amines is 1. The molecule has 0 aliphatic rings. The summed E-state index contributed by atoms with van der Waals surface area (Å²) in [6.45, 7) is 3.04. The quantitative estimate of drug-likeness (QED) is 0.680. The van der Waals surface area contributed by atoms with Crippen molar-refractivity contribution in [2.75, 3.05) is 20.2 Å². The molecule has 3 aromatic rings. The van der Waals surface area contributed by atoms with Crippen LogP contribution in [0.4, 0.5) is 0 Å². The van der Waals surface area contributed by atoms with E-state index in [1.54, 1.807) is 6.07 Å². The van der Waals surface area contributed by atoms with Crippen LogP contribution < -0.4 is 10.3 Å². The largest absolute Gasteiger partial charge is 0.491 e. The number of H-pyrrole nitrogens is 1. The number of aliphatic hydroxyl groups is 1. The highest BCUT2D eigenvalue weighted by Gasteiger charge is 2.12. The molecule has 136 valence electrons. The van der Waals surface area contributed by atoms with Gasteiger partial charge in [-0.25, -0.2) is 4.98 Å². The van der Waals surface area contributed by atoms with E-state index in [4.69, 9.17) is 4.74 Å². The standard InChI is InChI=1S/C20H23N3O3/c1-14-6-5-7-16(10-14)26-13-15(24)11-23(2)12-19-21-18-9-4-3-8-17(18)20(25)22-19/h3-10,15,24H,11-13H2,1-2H3,(H,21,22,25). The van der Waals surface area contributed by atoms with Crippen LogP contribution in [-0.4, -0.2) is 46.3 Å². The number of fused-ring (bicyclic) bond motifs is 1. The summed E-state index contributed by atoms with van der Waals surface area (Å²) in [5.41, 5.74) is 1.63. The molecule has 1 atom stereocenters. The molecular formula is C20H23N3O3. The number of likely N-dealkylation sites (N-methyl/N-ethyl adjacent to an activating group) is 1. The molecule has 0 saturated heterocycles. The summed E-state index contributed by atoms with van der Waals surface area (Å²) >= 11 is 0. The van der Waals surface area contributed by atoms with Crippen LogP contribution in [0.15, 0.2) is 53.3 Å². The molecule has 3 rings (SSSR count). The van der Waals surface area contributed by atoms with E-state index in [1.165, 1.54) is 0 Å². The molecule has 0 fully saturated rings. The van der Waals surface area contributed by atoms with Crippen LogP contribution in [-0.2, 0) is 6.54 Å². The van der Waals surface area contributed by atoms with E-state index in [1.807, 2.05) is 61.3 Å². The van der Waals surface area contributed by atoms with Gasteiger partial charge in [0, 0.05) is 6.54 Å². The van der Waals surface area contributed by atoms with Crippen molar-refractivity contribution in [2.24, 2.45) is 0 Å². The maximum Gasteiger partial charge on any atom is 0.258 e. The van der Waals surface area contributed by atoms with E-state index in [0.717, 1.165) is 11.3 Å². The first kappa shape index (κ1) is 18.1. The Morgan fingerprint density at radius 3 is 2.85 bits per heavy atom. The number of aryl methyl sites for hydroxylation is 1. The van der Waals surface area contributed by atoms with E-state index in [-0.39, 0.29) is 12.2 Å². The summed E-state index contributed by atoms with van der Waals surface area (Å²) in [5, 5.41) is 10.8. The minimum Gasteiger partial charge on any atom is -0.491 e. The predicted octanol–water partition coefficient (Wildman–Crippen LogP) is 2.10. The van der Waals surface area contributed by atoms with E-state index in [0.29, 0.717) is 29.8 Å². The van der Waals surface area contributed by atoms with Gasteiger partial charge in [-0.2, -0.15) is 0 Å². The summed E-state index contributed by atoms with van der Waals surface area (Å²) < 4.78 is 5.63. The minimum atomic E-state index is -0.646. The van der Waals surface area contributed by atoms with E-state index in [2.05, 4.69) is 9.97 Å². The monoisotopic (exact) mass is 353 g/mol. The van der Waals surface area contributed by atoms with Crippen LogP contribution in [0.1, 0.15) is 11.4 Å². The van der Waals surface area contributed by atoms with Crippen molar-refractivity contribution in [1.29, 1.82) is 0 Å². The summed E-state index contributed by atoms with van der Waals surface area (Å²) in [4.78, 5) is 21.3. The number of rotatable bonds is 7. The van der Waals surface area contributed by atoms with Crippen molar-refractivity contribution in [1.82, 2.24) is 14.9 Å². The van der Waals surface area contributed by atoms with Gasteiger partial charge in [0.1, 0.15) is 24.3 Å². The molecule has 1 aromatic heterocycles. The average Bonchev–Trinajstić information content (AvgIpc) is 2.60. The Morgan fingerprint density at radius 2 is 2.04 bits per heavy atom. The van der Waals surface area contributed by atoms with Crippen LogP contribution in [0.3, 0.4) is 0 Å². The Kier molecular flexibility index (Phi) is 5.65. The fraction of sp³-hybridized carbons (Fsp3) is 0.300. The lowest BCUT2D eigenvalue weighted by atomic mass is 10.2. The normalized spacial score (nSPS) is 12.5. The first-order chi connectivity index (χ1) is 12.5. The predicted molar refractivity (Wildman–Crippen MR) is 101 cm³/mol. The van der Waals surface area contributed by atoms with Crippen molar-refractivity contribution in [2.45, 2.75) is 19.6 Å². The number of benzene rings is 2. The topological polar surface area (TPSA) is 78.5 Å². The van der Waals surface area contributed by atoms with E-state index >= 15 is 0 Å². The molecule has 0 aliphatic heterocycles. The van der Waals surface area contributed by atoms with Gasteiger partial charge in [0.05, 0.1) is 17.4 Å². The van der Waals surface area contributed by atoms with Crippen LogP contribution >= 0.6 is 0 Å². The van der Waals surface area contributed by atoms with Crippen molar-refractivity contribution in [3.63, 3.8) is 0 Å². The molecule has 0 amide bonds. The molecule has 0 aliphatic carbocycles. The third kappa shape index (κ3) is 4.68.